The van der Waals surface area contributed by atoms with Crippen LogP contribution in [0.2, 0.25) is 0 Å². The molecule has 0 heterocycles. The van der Waals surface area contributed by atoms with E-state index < -0.39 is 0 Å². The Bertz CT molecular complexity index is 555. The van der Waals surface area contributed by atoms with Crippen LogP contribution in [-0.2, 0) is 12.8 Å². The van der Waals surface area contributed by atoms with Crippen LogP contribution in [-0.4, -0.2) is 0 Å². The lowest BCUT2D eigenvalue weighted by atomic mass is 10.0. The third kappa shape index (κ3) is 3.99. The van der Waals surface area contributed by atoms with Crippen LogP contribution in [0, 0.1) is 6.92 Å². The molecule has 0 aliphatic carbocycles. The normalized spacial score (nSPS) is 10.2. The van der Waals surface area contributed by atoms with E-state index in [2.05, 4.69) is 67.4 Å². The molecule has 2 aromatic rings. The highest BCUT2D eigenvalue weighted by atomic mass is 14.9. The molecule has 19 heavy (non-hydrogen) atoms. The van der Waals surface area contributed by atoms with Crippen molar-refractivity contribution in [3.8, 4) is 0 Å². The summed E-state index contributed by atoms with van der Waals surface area (Å²) in [6, 6.07) is 17.2. The summed E-state index contributed by atoms with van der Waals surface area (Å²) in [6.07, 6.45) is 2.14. The van der Waals surface area contributed by atoms with Crippen molar-refractivity contribution in [2.24, 2.45) is 0 Å². The summed E-state index contributed by atoms with van der Waals surface area (Å²) in [5.74, 6) is 0. The molecule has 0 aliphatic rings. The number of nitrogens with one attached hydrogen (secondary N) is 1. The van der Waals surface area contributed by atoms with E-state index >= 15 is 0 Å². The Morgan fingerprint density at radius 1 is 1.00 bits per heavy atom. The number of aryl methyl sites for hydroxylation is 3. The van der Waals surface area contributed by atoms with E-state index in [1.807, 2.05) is 6.92 Å². The van der Waals surface area contributed by atoms with Crippen LogP contribution < -0.4 is 5.32 Å². The van der Waals surface area contributed by atoms with Crippen LogP contribution in [0.1, 0.15) is 23.6 Å². The second-order valence-corrected chi connectivity index (χ2v) is 5.04. The maximum Gasteiger partial charge on any atom is 0.0414 e. The zero-order chi connectivity index (χ0) is 13.7. The highest BCUT2D eigenvalue weighted by Crippen LogP contribution is 2.19. The Kier molecular flexibility index (Phi) is 4.40. The topological polar surface area (TPSA) is 12.0 Å². The zero-order valence-corrected chi connectivity index (χ0v) is 11.7. The summed E-state index contributed by atoms with van der Waals surface area (Å²) >= 11 is 0. The number of hydrogen-bond donors (Lipinski definition) is 1. The van der Waals surface area contributed by atoms with Crippen LogP contribution in [0.4, 0.5) is 5.69 Å². The molecule has 0 bridgehead atoms. The first-order valence-electron chi connectivity index (χ1n) is 6.71. The second-order valence-electron chi connectivity index (χ2n) is 5.04. The van der Waals surface area contributed by atoms with Crippen LogP contribution in [0.15, 0.2) is 60.8 Å². The maximum atomic E-state index is 3.90. The van der Waals surface area contributed by atoms with Crippen LogP contribution in [0.25, 0.3) is 0 Å². The maximum absolute atomic E-state index is 3.90. The molecule has 2 rings (SSSR count). The fraction of sp³-hybridized carbons (Fsp3) is 0.222. The van der Waals surface area contributed by atoms with Crippen LogP contribution in [0.5, 0.6) is 0 Å². The number of rotatable bonds is 5. The molecule has 0 aromatic heterocycles. The van der Waals surface area contributed by atoms with E-state index in [0.29, 0.717) is 0 Å². The average molecular weight is 251 g/mol. The molecule has 1 N–H and O–H groups in total. The Morgan fingerprint density at radius 3 is 2.37 bits per heavy atom. The lowest BCUT2D eigenvalue weighted by Crippen LogP contribution is -1.98. The molecule has 0 saturated heterocycles. The standard InChI is InChI=1S/C18H21N/c1-14(2)19-18-13-17(10-9-15(18)3)12-11-16-7-5-4-6-8-16/h4-10,13,19H,1,11-12H2,2-3H3. The zero-order valence-electron chi connectivity index (χ0n) is 11.7. The van der Waals surface area contributed by atoms with Crippen molar-refractivity contribution in [3.63, 3.8) is 0 Å². The third-order valence-electron chi connectivity index (χ3n) is 3.20. The van der Waals surface area contributed by atoms with Crippen LogP contribution in [0.3, 0.4) is 0 Å². The van der Waals surface area contributed by atoms with E-state index in [1.54, 1.807) is 0 Å². The molecule has 0 saturated carbocycles. The van der Waals surface area contributed by atoms with E-state index in [-0.39, 0.29) is 0 Å². The van der Waals surface area contributed by atoms with Gasteiger partial charge in [-0.2, -0.15) is 0 Å². The first kappa shape index (κ1) is 13.4. The van der Waals surface area contributed by atoms with Crippen molar-refractivity contribution < 1.29 is 0 Å². The summed E-state index contributed by atoms with van der Waals surface area (Å²) in [7, 11) is 0. The smallest absolute Gasteiger partial charge is 0.0414 e. The highest BCUT2D eigenvalue weighted by molar-refractivity contribution is 5.55. The quantitative estimate of drug-likeness (QED) is 0.810. The van der Waals surface area contributed by atoms with Gasteiger partial charge in [0, 0.05) is 11.4 Å². The summed E-state index contributed by atoms with van der Waals surface area (Å²) in [4.78, 5) is 0. The van der Waals surface area contributed by atoms with E-state index in [0.717, 1.165) is 24.2 Å². The van der Waals surface area contributed by atoms with Crippen molar-refractivity contribution in [1.82, 2.24) is 0 Å². The van der Waals surface area contributed by atoms with Gasteiger partial charge in [-0.1, -0.05) is 49.0 Å². The van der Waals surface area contributed by atoms with Gasteiger partial charge >= 0.3 is 0 Å². The Labute approximate surface area is 116 Å². The van der Waals surface area contributed by atoms with Gasteiger partial charge in [-0.3, -0.25) is 0 Å². The summed E-state index contributed by atoms with van der Waals surface area (Å²) < 4.78 is 0. The lowest BCUT2D eigenvalue weighted by molar-refractivity contribution is 0.959. The summed E-state index contributed by atoms with van der Waals surface area (Å²) in [5, 5.41) is 3.32. The molecule has 0 amide bonds. The molecule has 0 fully saturated rings. The first-order chi connectivity index (χ1) is 9.15. The van der Waals surface area contributed by atoms with E-state index in [9.17, 15) is 0 Å². The van der Waals surface area contributed by atoms with Crippen molar-refractivity contribution >= 4 is 5.69 Å². The molecule has 1 heteroatoms. The van der Waals surface area contributed by atoms with Crippen molar-refractivity contribution in [2.75, 3.05) is 5.32 Å². The minimum Gasteiger partial charge on any atom is -0.359 e. The van der Waals surface area contributed by atoms with Gasteiger partial charge in [0.2, 0.25) is 0 Å². The molecule has 2 aromatic carbocycles. The SMILES string of the molecule is C=C(C)Nc1cc(CCc2ccccc2)ccc1C. The van der Waals surface area contributed by atoms with Gasteiger partial charge in [-0.25, -0.2) is 0 Å². The first-order valence-corrected chi connectivity index (χ1v) is 6.71. The predicted molar refractivity (Wildman–Crippen MR) is 83.5 cm³/mol. The Hall–Kier alpha value is -2.02. The number of benzene rings is 2. The van der Waals surface area contributed by atoms with Crippen molar-refractivity contribution in [3.05, 3.63) is 77.5 Å². The monoisotopic (exact) mass is 251 g/mol. The fourth-order valence-electron chi connectivity index (χ4n) is 2.12. The van der Waals surface area contributed by atoms with Gasteiger partial charge in [-0.15, -0.1) is 0 Å². The average Bonchev–Trinajstić information content (AvgIpc) is 2.40. The molecule has 0 spiro atoms. The Balaban J connectivity index is 2.06. The molecule has 98 valence electrons. The van der Waals surface area contributed by atoms with Gasteiger partial charge in [0.1, 0.15) is 0 Å². The van der Waals surface area contributed by atoms with E-state index in [4.69, 9.17) is 0 Å². The molecule has 1 nitrogen and oxygen atoms in total. The third-order valence-corrected chi connectivity index (χ3v) is 3.20. The van der Waals surface area contributed by atoms with E-state index in [1.165, 1.54) is 16.7 Å². The molecule has 0 radical (unpaired) electrons. The number of anilines is 1. The second kappa shape index (κ2) is 6.24. The summed E-state index contributed by atoms with van der Waals surface area (Å²) in [6.45, 7) is 8.00. The van der Waals surface area contributed by atoms with Gasteiger partial charge < -0.3 is 5.32 Å². The minimum atomic E-state index is 0.975. The fourth-order valence-corrected chi connectivity index (χ4v) is 2.12. The predicted octanol–water partition coefficient (Wildman–Crippen LogP) is 4.73. The van der Waals surface area contributed by atoms with Gasteiger partial charge in [-0.05, 0) is 49.4 Å². The van der Waals surface area contributed by atoms with Crippen LogP contribution >= 0.6 is 0 Å². The molecule has 0 aliphatic heterocycles. The van der Waals surface area contributed by atoms with Gasteiger partial charge in [0.05, 0.1) is 0 Å². The largest absolute Gasteiger partial charge is 0.359 e. The van der Waals surface area contributed by atoms with Gasteiger partial charge in [0.25, 0.3) is 0 Å². The molecular weight excluding hydrogens is 230 g/mol. The molecule has 0 atom stereocenters. The van der Waals surface area contributed by atoms with Crippen molar-refractivity contribution in [2.45, 2.75) is 26.7 Å². The number of hydrogen-bond acceptors (Lipinski definition) is 1. The number of allylic oxidation sites excluding steroid dienone is 1. The lowest BCUT2D eigenvalue weighted by Gasteiger charge is -2.11. The molecule has 0 unspecified atom stereocenters. The Morgan fingerprint density at radius 2 is 1.68 bits per heavy atom. The summed E-state index contributed by atoms with van der Waals surface area (Å²) in [5.41, 5.74) is 6.14. The minimum absolute atomic E-state index is 0.975. The highest BCUT2D eigenvalue weighted by Gasteiger charge is 2.01. The van der Waals surface area contributed by atoms with Crippen molar-refractivity contribution in [1.29, 1.82) is 0 Å². The van der Waals surface area contributed by atoms with Gasteiger partial charge in [0.15, 0.2) is 0 Å². The molecular formula is C18H21N.